The van der Waals surface area contributed by atoms with Gasteiger partial charge in [-0.2, -0.15) is 0 Å². The SMILES string of the molecule is COc1ccc(CO[C@@H]2C3OC(C)(C)O[C@H]3O[C@@H]2[C@@H](/C=C/C(C)=O)OCc2ccccc2)cc1. The van der Waals surface area contributed by atoms with Crippen LogP contribution in [-0.2, 0) is 41.7 Å². The minimum atomic E-state index is -0.780. The summed E-state index contributed by atoms with van der Waals surface area (Å²) in [6.45, 7) is 5.92. The van der Waals surface area contributed by atoms with Gasteiger partial charge in [0.05, 0.1) is 20.3 Å². The molecule has 0 amide bonds. The van der Waals surface area contributed by atoms with E-state index < -0.39 is 36.5 Å². The highest BCUT2D eigenvalue weighted by atomic mass is 16.8. The van der Waals surface area contributed by atoms with Gasteiger partial charge in [-0.1, -0.05) is 42.5 Å². The van der Waals surface area contributed by atoms with Crippen molar-refractivity contribution < 1.29 is 33.2 Å². The van der Waals surface area contributed by atoms with Gasteiger partial charge < -0.3 is 28.4 Å². The van der Waals surface area contributed by atoms with Crippen LogP contribution in [0.5, 0.6) is 5.75 Å². The molecule has 1 unspecified atom stereocenters. The third-order valence-corrected chi connectivity index (χ3v) is 5.76. The normalized spacial score (nSPS) is 26.5. The summed E-state index contributed by atoms with van der Waals surface area (Å²) in [6, 6.07) is 17.5. The number of fused-ring (bicyclic) bond motifs is 1. The standard InChI is InChI=1S/C27H32O7/c1-18(28)10-15-22(30-16-19-8-6-5-7-9-19)23-24(25-26(32-23)34-27(2,3)33-25)31-17-20-11-13-21(29-4)14-12-20/h5-15,22-26H,16-17H2,1-4H3/b15-10+/t22-,23-,24+,25?,26-/m1/s1. The van der Waals surface area contributed by atoms with Gasteiger partial charge in [0.15, 0.2) is 17.9 Å². The smallest absolute Gasteiger partial charge is 0.190 e. The second kappa shape index (κ2) is 10.8. The second-order valence-corrected chi connectivity index (χ2v) is 8.92. The fourth-order valence-electron chi connectivity index (χ4n) is 4.13. The average Bonchev–Trinajstić information content (AvgIpc) is 3.30. The first-order valence-corrected chi connectivity index (χ1v) is 11.4. The Morgan fingerprint density at radius 1 is 1.03 bits per heavy atom. The number of carbonyl (C=O) groups is 1. The van der Waals surface area contributed by atoms with E-state index in [0.717, 1.165) is 16.9 Å². The lowest BCUT2D eigenvalue weighted by atomic mass is 10.0. The molecule has 0 aromatic heterocycles. The molecule has 2 aliphatic heterocycles. The highest BCUT2D eigenvalue weighted by Gasteiger charge is 2.57. The predicted molar refractivity (Wildman–Crippen MR) is 125 cm³/mol. The Hall–Kier alpha value is -2.55. The number of benzene rings is 2. The molecule has 4 rings (SSSR count). The Kier molecular flexibility index (Phi) is 7.80. The van der Waals surface area contributed by atoms with Crippen LogP contribution in [0.1, 0.15) is 31.9 Å². The Morgan fingerprint density at radius 3 is 2.41 bits per heavy atom. The molecule has 0 N–H and O–H groups in total. The number of allylic oxidation sites excluding steroid dienone is 1. The van der Waals surface area contributed by atoms with Crippen LogP contribution in [0.15, 0.2) is 66.7 Å². The molecule has 5 atom stereocenters. The van der Waals surface area contributed by atoms with Crippen molar-refractivity contribution in [1.29, 1.82) is 0 Å². The van der Waals surface area contributed by atoms with Crippen LogP contribution in [0.4, 0.5) is 0 Å². The molecule has 0 spiro atoms. The molecule has 2 aromatic carbocycles. The van der Waals surface area contributed by atoms with Gasteiger partial charge in [-0.05, 0) is 56.2 Å². The van der Waals surface area contributed by atoms with Crippen LogP contribution in [-0.4, -0.2) is 49.4 Å². The molecule has 2 heterocycles. The molecule has 2 aliphatic rings. The molecule has 0 aliphatic carbocycles. The summed E-state index contributed by atoms with van der Waals surface area (Å²) in [6.07, 6.45) is 0.688. The van der Waals surface area contributed by atoms with Crippen LogP contribution in [0.3, 0.4) is 0 Å². The van der Waals surface area contributed by atoms with Gasteiger partial charge >= 0.3 is 0 Å². The third kappa shape index (κ3) is 6.11. The van der Waals surface area contributed by atoms with Crippen LogP contribution >= 0.6 is 0 Å². The molecule has 2 aromatic rings. The van der Waals surface area contributed by atoms with Gasteiger partial charge in [0.1, 0.15) is 30.2 Å². The third-order valence-electron chi connectivity index (χ3n) is 5.76. The molecule has 2 fully saturated rings. The number of ketones is 1. The maximum absolute atomic E-state index is 11.7. The lowest BCUT2D eigenvalue weighted by molar-refractivity contribution is -0.230. The lowest BCUT2D eigenvalue weighted by Gasteiger charge is -2.30. The highest BCUT2D eigenvalue weighted by molar-refractivity contribution is 5.87. The van der Waals surface area contributed by atoms with E-state index >= 15 is 0 Å². The maximum atomic E-state index is 11.7. The van der Waals surface area contributed by atoms with Crippen LogP contribution in [0.2, 0.25) is 0 Å². The molecule has 7 heteroatoms. The van der Waals surface area contributed by atoms with Crippen LogP contribution in [0, 0.1) is 0 Å². The fourth-order valence-corrected chi connectivity index (χ4v) is 4.13. The summed E-state index contributed by atoms with van der Waals surface area (Å²) < 4.78 is 36.2. The summed E-state index contributed by atoms with van der Waals surface area (Å²) in [7, 11) is 1.63. The van der Waals surface area contributed by atoms with E-state index in [1.54, 1.807) is 13.2 Å². The molecule has 0 bridgehead atoms. The van der Waals surface area contributed by atoms with Crippen LogP contribution in [0.25, 0.3) is 0 Å². The van der Waals surface area contributed by atoms with E-state index in [9.17, 15) is 4.79 Å². The Bertz CT molecular complexity index is 970. The van der Waals surface area contributed by atoms with Gasteiger partial charge in [0.25, 0.3) is 0 Å². The minimum Gasteiger partial charge on any atom is -0.497 e. The molecular weight excluding hydrogens is 436 g/mol. The zero-order valence-corrected chi connectivity index (χ0v) is 20.0. The second-order valence-electron chi connectivity index (χ2n) is 8.92. The first-order chi connectivity index (χ1) is 16.3. The van der Waals surface area contributed by atoms with E-state index in [4.69, 9.17) is 28.4 Å². The topological polar surface area (TPSA) is 72.5 Å². The monoisotopic (exact) mass is 468 g/mol. The number of methoxy groups -OCH3 is 1. The van der Waals surface area contributed by atoms with Crippen molar-refractivity contribution in [2.45, 2.75) is 70.5 Å². The average molecular weight is 469 g/mol. The van der Waals surface area contributed by atoms with Crippen molar-refractivity contribution in [2.24, 2.45) is 0 Å². The summed E-state index contributed by atoms with van der Waals surface area (Å²) >= 11 is 0. The van der Waals surface area contributed by atoms with Crippen molar-refractivity contribution in [3.8, 4) is 5.75 Å². The highest BCUT2D eigenvalue weighted by Crippen LogP contribution is 2.40. The molecule has 34 heavy (non-hydrogen) atoms. The van der Waals surface area contributed by atoms with Gasteiger partial charge in [0, 0.05) is 0 Å². The van der Waals surface area contributed by atoms with Gasteiger partial charge in [-0.3, -0.25) is 4.79 Å². The summed E-state index contributed by atoms with van der Waals surface area (Å²) in [4.78, 5) is 11.7. The van der Waals surface area contributed by atoms with E-state index in [1.165, 1.54) is 13.0 Å². The van der Waals surface area contributed by atoms with Crippen molar-refractivity contribution in [2.75, 3.05) is 7.11 Å². The van der Waals surface area contributed by atoms with Gasteiger partial charge in [-0.25, -0.2) is 0 Å². The first kappa shape index (κ1) is 24.6. The van der Waals surface area contributed by atoms with E-state index in [1.807, 2.05) is 68.4 Å². The quantitative estimate of drug-likeness (QED) is 0.484. The molecule has 0 saturated carbocycles. The first-order valence-electron chi connectivity index (χ1n) is 11.4. The number of hydrogen-bond acceptors (Lipinski definition) is 7. The number of hydrogen-bond donors (Lipinski definition) is 0. The largest absolute Gasteiger partial charge is 0.497 e. The Balaban J connectivity index is 1.53. The lowest BCUT2D eigenvalue weighted by Crippen LogP contribution is -2.43. The number of carbonyl (C=O) groups excluding carboxylic acids is 1. The molecule has 2 saturated heterocycles. The van der Waals surface area contributed by atoms with Crippen molar-refractivity contribution in [3.63, 3.8) is 0 Å². The van der Waals surface area contributed by atoms with Crippen LogP contribution < -0.4 is 4.74 Å². The zero-order chi connectivity index (χ0) is 24.1. The van der Waals surface area contributed by atoms with Crippen molar-refractivity contribution >= 4 is 5.78 Å². The van der Waals surface area contributed by atoms with Crippen molar-refractivity contribution in [1.82, 2.24) is 0 Å². The summed E-state index contributed by atoms with van der Waals surface area (Å²) in [5.74, 6) is -0.0720. The molecule has 0 radical (unpaired) electrons. The molecule has 7 nitrogen and oxygen atoms in total. The van der Waals surface area contributed by atoms with E-state index in [-0.39, 0.29) is 5.78 Å². The van der Waals surface area contributed by atoms with E-state index in [2.05, 4.69) is 0 Å². The number of ether oxygens (including phenoxy) is 6. The van der Waals surface area contributed by atoms with Gasteiger partial charge in [-0.15, -0.1) is 0 Å². The fraction of sp³-hybridized carbons (Fsp3) is 0.444. The Labute approximate surface area is 200 Å². The summed E-state index contributed by atoms with van der Waals surface area (Å²) in [5.41, 5.74) is 2.01. The predicted octanol–water partition coefficient (Wildman–Crippen LogP) is 4.19. The summed E-state index contributed by atoms with van der Waals surface area (Å²) in [5, 5.41) is 0. The van der Waals surface area contributed by atoms with Gasteiger partial charge in [0.2, 0.25) is 0 Å². The minimum absolute atomic E-state index is 0.0733. The number of rotatable bonds is 10. The molecule has 182 valence electrons. The maximum Gasteiger partial charge on any atom is 0.190 e. The zero-order valence-electron chi connectivity index (χ0n) is 20.0. The van der Waals surface area contributed by atoms with Crippen molar-refractivity contribution in [3.05, 3.63) is 77.9 Å². The Morgan fingerprint density at radius 2 is 1.74 bits per heavy atom. The van der Waals surface area contributed by atoms with E-state index in [0.29, 0.717) is 13.2 Å². The molecular formula is C27H32O7.